The molecule has 1 N–H and O–H groups in total. The average Bonchev–Trinajstić information content (AvgIpc) is 2.43. The van der Waals surface area contributed by atoms with Gasteiger partial charge in [-0.3, -0.25) is 0 Å². The first kappa shape index (κ1) is 14.9. The van der Waals surface area contributed by atoms with Gasteiger partial charge in [-0.2, -0.15) is 5.10 Å². The Kier molecular flexibility index (Phi) is 5.09. The minimum atomic E-state index is 0.374. The highest BCUT2D eigenvalue weighted by atomic mass is 79.9. The van der Waals surface area contributed by atoms with E-state index in [-0.39, 0.29) is 0 Å². The average molecular weight is 336 g/mol. The van der Waals surface area contributed by atoms with E-state index in [0.29, 0.717) is 18.3 Å². The van der Waals surface area contributed by atoms with Crippen LogP contribution in [0.15, 0.2) is 34.8 Å². The van der Waals surface area contributed by atoms with Crippen LogP contribution >= 0.6 is 15.9 Å². The first-order valence-electron chi connectivity index (χ1n) is 6.54. The van der Waals surface area contributed by atoms with Crippen molar-refractivity contribution in [1.29, 1.82) is 0 Å². The summed E-state index contributed by atoms with van der Waals surface area (Å²) in [5.74, 6) is 1.70. The van der Waals surface area contributed by atoms with Crippen LogP contribution in [0.2, 0.25) is 0 Å². The van der Waals surface area contributed by atoms with Crippen LogP contribution in [0.1, 0.15) is 31.0 Å². The molecule has 2 rings (SSSR count). The van der Waals surface area contributed by atoms with Gasteiger partial charge < -0.3 is 10.1 Å². The normalized spacial score (nSPS) is 10.8. The van der Waals surface area contributed by atoms with Crippen LogP contribution in [0.4, 0.5) is 0 Å². The quantitative estimate of drug-likeness (QED) is 0.900. The topological polar surface area (TPSA) is 47.0 Å². The van der Waals surface area contributed by atoms with E-state index in [4.69, 9.17) is 4.74 Å². The van der Waals surface area contributed by atoms with Gasteiger partial charge in [0.1, 0.15) is 5.75 Å². The van der Waals surface area contributed by atoms with E-state index >= 15 is 0 Å². The molecule has 0 atom stereocenters. The van der Waals surface area contributed by atoms with Crippen LogP contribution in [-0.2, 0) is 6.54 Å². The lowest BCUT2D eigenvalue weighted by molar-refractivity contribution is 0.445. The van der Waals surface area contributed by atoms with Gasteiger partial charge in [-0.05, 0) is 42.8 Å². The molecule has 2 aromatic rings. The Morgan fingerprint density at radius 1 is 1.20 bits per heavy atom. The molecule has 0 saturated carbocycles. The number of aromatic nitrogens is 2. The van der Waals surface area contributed by atoms with Crippen LogP contribution in [0.25, 0.3) is 0 Å². The van der Waals surface area contributed by atoms with Crippen molar-refractivity contribution in [1.82, 2.24) is 15.5 Å². The third-order valence-electron chi connectivity index (χ3n) is 2.86. The van der Waals surface area contributed by atoms with Crippen molar-refractivity contribution in [2.75, 3.05) is 7.05 Å². The second-order valence-electron chi connectivity index (χ2n) is 4.83. The van der Waals surface area contributed by atoms with Crippen LogP contribution in [0, 0.1) is 0 Å². The lowest BCUT2D eigenvalue weighted by Crippen LogP contribution is -2.07. The maximum Gasteiger partial charge on any atom is 0.238 e. The highest BCUT2D eigenvalue weighted by Gasteiger charge is 2.10. The molecule has 0 amide bonds. The zero-order valence-corrected chi connectivity index (χ0v) is 13.4. The van der Waals surface area contributed by atoms with E-state index in [2.05, 4.69) is 51.4 Å². The summed E-state index contributed by atoms with van der Waals surface area (Å²) in [6, 6.07) is 9.73. The number of nitrogens with zero attached hydrogens (tertiary/aromatic N) is 2. The Morgan fingerprint density at radius 2 is 2.00 bits per heavy atom. The Bertz CT molecular complexity index is 570. The summed E-state index contributed by atoms with van der Waals surface area (Å²) in [6.07, 6.45) is 0. The predicted octanol–water partition coefficient (Wildman–Crippen LogP) is 3.87. The van der Waals surface area contributed by atoms with Crippen molar-refractivity contribution in [3.8, 4) is 11.6 Å². The summed E-state index contributed by atoms with van der Waals surface area (Å²) in [7, 11) is 1.88. The van der Waals surface area contributed by atoms with Crippen LogP contribution in [0.3, 0.4) is 0 Å². The summed E-state index contributed by atoms with van der Waals surface area (Å²) in [5, 5.41) is 11.2. The molecular formula is C15H18BrN3O. The summed E-state index contributed by atoms with van der Waals surface area (Å²) >= 11 is 3.49. The van der Waals surface area contributed by atoms with Gasteiger partial charge in [-0.25, -0.2) is 0 Å². The molecule has 1 aromatic carbocycles. The number of benzene rings is 1. The molecule has 5 heteroatoms. The summed E-state index contributed by atoms with van der Waals surface area (Å²) in [4.78, 5) is 0. The van der Waals surface area contributed by atoms with E-state index in [1.165, 1.54) is 0 Å². The first-order valence-corrected chi connectivity index (χ1v) is 7.34. The zero-order valence-electron chi connectivity index (χ0n) is 11.9. The van der Waals surface area contributed by atoms with E-state index in [1.54, 1.807) is 0 Å². The number of nitrogens with one attached hydrogen (secondary N) is 1. The second-order valence-corrected chi connectivity index (χ2v) is 5.75. The fraction of sp³-hybridized carbons (Fsp3) is 0.333. The van der Waals surface area contributed by atoms with Gasteiger partial charge in [0.05, 0.1) is 5.69 Å². The van der Waals surface area contributed by atoms with E-state index in [0.717, 1.165) is 21.5 Å². The van der Waals surface area contributed by atoms with E-state index < -0.39 is 0 Å². The van der Waals surface area contributed by atoms with Gasteiger partial charge in [-0.15, -0.1) is 5.10 Å². The van der Waals surface area contributed by atoms with E-state index in [9.17, 15) is 0 Å². The third-order valence-corrected chi connectivity index (χ3v) is 3.35. The largest absolute Gasteiger partial charge is 0.437 e. The molecule has 4 nitrogen and oxygen atoms in total. The van der Waals surface area contributed by atoms with Crippen molar-refractivity contribution >= 4 is 15.9 Å². The summed E-state index contributed by atoms with van der Waals surface area (Å²) < 4.78 is 6.89. The lowest BCUT2D eigenvalue weighted by atomic mass is 10.0. The zero-order chi connectivity index (χ0) is 14.5. The number of hydrogen-bond acceptors (Lipinski definition) is 4. The molecule has 1 aromatic heterocycles. The Morgan fingerprint density at radius 3 is 2.60 bits per heavy atom. The molecule has 0 spiro atoms. The van der Waals surface area contributed by atoms with Crippen LogP contribution in [-0.4, -0.2) is 17.2 Å². The maximum atomic E-state index is 5.84. The fourth-order valence-electron chi connectivity index (χ4n) is 1.85. The number of hydrogen-bond donors (Lipinski definition) is 1. The fourth-order valence-corrected chi connectivity index (χ4v) is 2.23. The van der Waals surface area contributed by atoms with Crippen molar-refractivity contribution in [2.24, 2.45) is 0 Å². The van der Waals surface area contributed by atoms with Gasteiger partial charge in [0.2, 0.25) is 5.88 Å². The third kappa shape index (κ3) is 3.77. The molecule has 0 aliphatic heterocycles. The monoisotopic (exact) mass is 335 g/mol. The molecule has 20 heavy (non-hydrogen) atoms. The van der Waals surface area contributed by atoms with Crippen molar-refractivity contribution < 1.29 is 4.74 Å². The highest BCUT2D eigenvalue weighted by Crippen LogP contribution is 2.32. The van der Waals surface area contributed by atoms with Crippen molar-refractivity contribution in [3.05, 3.63) is 46.1 Å². The van der Waals surface area contributed by atoms with Gasteiger partial charge in [0.25, 0.3) is 0 Å². The van der Waals surface area contributed by atoms with Gasteiger partial charge in [-0.1, -0.05) is 29.8 Å². The standard InChI is InChI=1S/C15H18BrN3O/c1-10(2)13-8-11(16)4-6-14(13)20-15-7-5-12(9-17-3)18-19-15/h4-8,10,17H,9H2,1-3H3. The first-order chi connectivity index (χ1) is 9.60. The number of rotatable bonds is 5. The number of halogens is 1. The van der Waals surface area contributed by atoms with Gasteiger partial charge >= 0.3 is 0 Å². The molecular weight excluding hydrogens is 318 g/mol. The molecule has 0 saturated heterocycles. The maximum absolute atomic E-state index is 5.84. The molecule has 0 radical (unpaired) electrons. The summed E-state index contributed by atoms with van der Waals surface area (Å²) in [5.41, 5.74) is 2.03. The smallest absolute Gasteiger partial charge is 0.238 e. The minimum Gasteiger partial charge on any atom is -0.437 e. The van der Waals surface area contributed by atoms with Gasteiger partial charge in [0.15, 0.2) is 0 Å². The van der Waals surface area contributed by atoms with Crippen molar-refractivity contribution in [3.63, 3.8) is 0 Å². The lowest BCUT2D eigenvalue weighted by Gasteiger charge is -2.13. The molecule has 0 aliphatic rings. The molecule has 1 heterocycles. The number of ether oxygens (including phenoxy) is 1. The molecule has 106 valence electrons. The highest BCUT2D eigenvalue weighted by molar-refractivity contribution is 9.10. The van der Waals surface area contributed by atoms with Crippen LogP contribution in [0.5, 0.6) is 11.6 Å². The van der Waals surface area contributed by atoms with Gasteiger partial charge in [0, 0.05) is 17.1 Å². The molecule has 0 unspecified atom stereocenters. The Balaban J connectivity index is 2.21. The molecule has 0 bridgehead atoms. The second kappa shape index (κ2) is 6.81. The minimum absolute atomic E-state index is 0.374. The Hall–Kier alpha value is -1.46. The van der Waals surface area contributed by atoms with Crippen molar-refractivity contribution in [2.45, 2.75) is 26.3 Å². The summed E-state index contributed by atoms with van der Waals surface area (Å²) in [6.45, 7) is 4.97. The van der Waals surface area contributed by atoms with E-state index in [1.807, 2.05) is 31.3 Å². The molecule has 0 fully saturated rings. The SMILES string of the molecule is CNCc1ccc(Oc2ccc(Br)cc2C(C)C)nn1. The Labute approximate surface area is 127 Å². The van der Waals surface area contributed by atoms with Crippen LogP contribution < -0.4 is 10.1 Å². The predicted molar refractivity (Wildman–Crippen MR) is 83.1 cm³/mol. The molecule has 0 aliphatic carbocycles.